The van der Waals surface area contributed by atoms with E-state index in [1.165, 1.54) is 22.7 Å². The first-order chi connectivity index (χ1) is 25.0. The fourth-order valence-corrected chi connectivity index (χ4v) is 8.81. The minimum absolute atomic E-state index is 0.0619. The smallest absolute Gasteiger partial charge is 0.321 e. The first kappa shape index (κ1) is 38.9. The number of rotatable bonds is 17. The molecule has 5 rings (SSSR count). The van der Waals surface area contributed by atoms with E-state index in [1.54, 1.807) is 28.1 Å². The molecule has 1 saturated heterocycles. The molecular formula is C39H52N6O6S. The van der Waals surface area contributed by atoms with Gasteiger partial charge < -0.3 is 25.4 Å². The maximum atomic E-state index is 14.4. The van der Waals surface area contributed by atoms with Crippen molar-refractivity contribution in [3.63, 3.8) is 0 Å². The van der Waals surface area contributed by atoms with E-state index in [2.05, 4.69) is 15.5 Å². The molecule has 0 radical (unpaired) electrons. The van der Waals surface area contributed by atoms with Crippen LogP contribution in [-0.2, 0) is 27.8 Å². The Kier molecular flexibility index (Phi) is 13.4. The summed E-state index contributed by atoms with van der Waals surface area (Å²) >= 11 is 0. The third-order valence-electron chi connectivity index (χ3n) is 10.5. The summed E-state index contributed by atoms with van der Waals surface area (Å²) in [5.41, 5.74) is 3.20. The lowest BCUT2D eigenvalue weighted by Gasteiger charge is -2.35. The van der Waals surface area contributed by atoms with E-state index in [-0.39, 0.29) is 48.2 Å². The molecule has 1 aromatic heterocycles. The molecular weight excluding hydrogens is 681 g/mol. The number of nitrogens with zero attached hydrogens (tertiary/aromatic N) is 5. The number of carbonyl (C=O) groups excluding carboxylic acids is 2. The zero-order chi connectivity index (χ0) is 37.3. The number of aromatic nitrogens is 1. The molecule has 280 valence electrons. The van der Waals surface area contributed by atoms with Gasteiger partial charge in [0, 0.05) is 44.6 Å². The van der Waals surface area contributed by atoms with Gasteiger partial charge in [0.2, 0.25) is 15.9 Å². The Morgan fingerprint density at radius 3 is 2.44 bits per heavy atom. The van der Waals surface area contributed by atoms with E-state index in [4.69, 9.17) is 5.21 Å². The predicted octanol–water partition coefficient (Wildman–Crippen LogP) is 4.82. The van der Waals surface area contributed by atoms with Gasteiger partial charge in [0.25, 0.3) is 0 Å². The lowest BCUT2D eigenvalue weighted by molar-refractivity contribution is -0.128. The van der Waals surface area contributed by atoms with Gasteiger partial charge in [-0.1, -0.05) is 86.8 Å². The Morgan fingerprint density at radius 1 is 1.08 bits per heavy atom. The number of aryl methyl sites for hydroxylation is 1. The van der Waals surface area contributed by atoms with Crippen LogP contribution in [-0.4, -0.2) is 100 Å². The number of oxime groups is 1. The number of benzene rings is 2. The Hall–Kier alpha value is -4.33. The van der Waals surface area contributed by atoms with E-state index < -0.39 is 28.2 Å². The number of hydrogen-bond donors (Lipinski definition) is 3. The van der Waals surface area contributed by atoms with E-state index >= 15 is 0 Å². The summed E-state index contributed by atoms with van der Waals surface area (Å²) in [5, 5.41) is 27.0. The SMILES string of the molecule is CCC(C)[C@@H](C(=O)N[C@@H](Cc1ccccc1)[C@H](O)CN(CC1CCCC1)S(=O)(=O)c1ccc(/C=N/O)cc1)N1CCN(Cc2cccnc2C)C1=O. The molecule has 2 heterocycles. The summed E-state index contributed by atoms with van der Waals surface area (Å²) in [7, 11) is -4.05. The molecule has 1 unspecified atom stereocenters. The fraction of sp³-hybridized carbons (Fsp3) is 0.487. The van der Waals surface area contributed by atoms with E-state index in [0.717, 1.165) is 42.5 Å². The summed E-state index contributed by atoms with van der Waals surface area (Å²) < 4.78 is 29.6. The number of aliphatic hydroxyl groups excluding tert-OH is 1. The molecule has 3 amide bonds. The van der Waals surface area contributed by atoms with Gasteiger partial charge in [-0.15, -0.1) is 0 Å². The van der Waals surface area contributed by atoms with Gasteiger partial charge in [0.1, 0.15) is 6.04 Å². The molecule has 4 atom stereocenters. The molecule has 3 aromatic rings. The van der Waals surface area contributed by atoms with Gasteiger partial charge in [0.05, 0.1) is 23.3 Å². The highest BCUT2D eigenvalue weighted by Gasteiger charge is 2.41. The van der Waals surface area contributed by atoms with Crippen molar-refractivity contribution in [2.75, 3.05) is 26.2 Å². The number of hydrogen-bond acceptors (Lipinski definition) is 8. The monoisotopic (exact) mass is 732 g/mol. The number of urea groups is 1. The van der Waals surface area contributed by atoms with Gasteiger partial charge in [-0.25, -0.2) is 13.2 Å². The van der Waals surface area contributed by atoms with Crippen molar-refractivity contribution in [1.82, 2.24) is 24.4 Å². The fourth-order valence-electron chi connectivity index (χ4n) is 7.28. The zero-order valence-electron chi connectivity index (χ0n) is 30.3. The molecule has 1 aliphatic carbocycles. The number of carbonyl (C=O) groups is 2. The predicted molar refractivity (Wildman–Crippen MR) is 199 cm³/mol. The van der Waals surface area contributed by atoms with Crippen molar-refractivity contribution < 1.29 is 28.3 Å². The maximum absolute atomic E-state index is 14.4. The highest BCUT2D eigenvalue weighted by atomic mass is 32.2. The Balaban J connectivity index is 1.40. The maximum Gasteiger partial charge on any atom is 0.321 e. The van der Waals surface area contributed by atoms with Gasteiger partial charge in [-0.05, 0) is 72.9 Å². The molecule has 2 fully saturated rings. The van der Waals surface area contributed by atoms with E-state index in [1.807, 2.05) is 63.2 Å². The van der Waals surface area contributed by atoms with Gasteiger partial charge >= 0.3 is 6.03 Å². The Labute approximate surface area is 307 Å². The lowest BCUT2D eigenvalue weighted by Crippen LogP contribution is -2.57. The Morgan fingerprint density at radius 2 is 1.79 bits per heavy atom. The molecule has 2 aromatic carbocycles. The topological polar surface area (TPSA) is 156 Å². The summed E-state index contributed by atoms with van der Waals surface area (Å²) in [6.07, 6.45) is 6.42. The van der Waals surface area contributed by atoms with Crippen LogP contribution in [0.2, 0.25) is 0 Å². The van der Waals surface area contributed by atoms with Gasteiger partial charge in [0.15, 0.2) is 0 Å². The summed E-state index contributed by atoms with van der Waals surface area (Å²) in [5.74, 6) is -0.413. The molecule has 0 bridgehead atoms. The second kappa shape index (κ2) is 17.9. The second-order valence-electron chi connectivity index (χ2n) is 14.1. The normalized spacial score (nSPS) is 17.9. The first-order valence-electron chi connectivity index (χ1n) is 18.3. The summed E-state index contributed by atoms with van der Waals surface area (Å²) in [4.78, 5) is 36.0. The van der Waals surface area contributed by atoms with Crippen molar-refractivity contribution in [3.05, 3.63) is 95.3 Å². The number of nitrogens with one attached hydrogen (secondary N) is 1. The number of pyridine rings is 1. The molecule has 1 saturated carbocycles. The molecule has 3 N–H and O–H groups in total. The number of sulfonamides is 1. The standard InChI is InChI=1S/C39H52N6O6S/c1-4-28(2)37(45-22-21-43(39(45)48)26-33-15-10-20-40-29(33)3)38(47)42-35(23-30-11-6-5-7-12-30)36(46)27-44(25-32-13-8-9-14-32)52(50,51)34-18-16-31(17-19-34)24-41-49/h5-7,10-12,15-20,24,28,32,35-37,46,49H,4,8-9,13-14,21-23,25-27H2,1-3H3,(H,42,47)/b41-24+/t28?,35-,36+,37-/m0/s1. The van der Waals surface area contributed by atoms with Crippen LogP contribution in [0.3, 0.4) is 0 Å². The van der Waals surface area contributed by atoms with Crippen LogP contribution < -0.4 is 5.32 Å². The van der Waals surface area contributed by atoms with Crippen LogP contribution in [0.1, 0.15) is 68.3 Å². The highest BCUT2D eigenvalue weighted by molar-refractivity contribution is 7.89. The van der Waals surface area contributed by atoms with E-state index in [9.17, 15) is 23.1 Å². The Bertz CT molecular complexity index is 1770. The minimum atomic E-state index is -4.05. The summed E-state index contributed by atoms with van der Waals surface area (Å²) in [6, 6.07) is 17.4. The molecule has 52 heavy (non-hydrogen) atoms. The van der Waals surface area contributed by atoms with Crippen molar-refractivity contribution >= 4 is 28.2 Å². The molecule has 0 spiro atoms. The zero-order valence-corrected chi connectivity index (χ0v) is 31.2. The molecule has 2 aliphatic rings. The number of aliphatic hydroxyl groups is 1. The lowest BCUT2D eigenvalue weighted by atomic mass is 9.95. The average Bonchev–Trinajstić information content (AvgIpc) is 3.79. The van der Waals surface area contributed by atoms with Crippen molar-refractivity contribution in [2.45, 2.75) is 88.9 Å². The van der Waals surface area contributed by atoms with Crippen LogP contribution in [0.25, 0.3) is 0 Å². The van der Waals surface area contributed by atoms with Crippen molar-refractivity contribution in [3.8, 4) is 0 Å². The third-order valence-corrected chi connectivity index (χ3v) is 12.4. The van der Waals surface area contributed by atoms with Crippen molar-refractivity contribution in [1.29, 1.82) is 0 Å². The molecule has 13 heteroatoms. The highest BCUT2D eigenvalue weighted by Crippen LogP contribution is 2.29. The van der Waals surface area contributed by atoms with Crippen LogP contribution in [0.5, 0.6) is 0 Å². The van der Waals surface area contributed by atoms with Crippen LogP contribution in [0.15, 0.2) is 83.0 Å². The quantitative estimate of drug-likeness (QED) is 0.102. The van der Waals surface area contributed by atoms with E-state index in [0.29, 0.717) is 31.6 Å². The minimum Gasteiger partial charge on any atom is -0.411 e. The average molecular weight is 733 g/mol. The third kappa shape index (κ3) is 9.55. The summed E-state index contributed by atoms with van der Waals surface area (Å²) in [6.45, 7) is 7.08. The largest absolute Gasteiger partial charge is 0.411 e. The van der Waals surface area contributed by atoms with Crippen LogP contribution in [0.4, 0.5) is 4.79 Å². The van der Waals surface area contributed by atoms with Crippen LogP contribution >= 0.6 is 0 Å². The first-order valence-corrected chi connectivity index (χ1v) is 19.7. The van der Waals surface area contributed by atoms with Crippen molar-refractivity contribution in [2.24, 2.45) is 17.0 Å². The van der Waals surface area contributed by atoms with Gasteiger partial charge in [-0.3, -0.25) is 9.78 Å². The molecule has 1 aliphatic heterocycles. The second-order valence-corrected chi connectivity index (χ2v) is 16.1. The number of amides is 3. The van der Waals surface area contributed by atoms with Gasteiger partial charge in [-0.2, -0.15) is 4.31 Å². The molecule has 12 nitrogen and oxygen atoms in total. The van der Waals surface area contributed by atoms with Crippen LogP contribution in [0, 0.1) is 18.8 Å².